The molecule has 1 fully saturated rings. The van der Waals surface area contributed by atoms with Crippen LogP contribution in [0.15, 0.2) is 23.1 Å². The van der Waals surface area contributed by atoms with Crippen molar-refractivity contribution in [1.82, 2.24) is 4.31 Å². The van der Waals surface area contributed by atoms with Crippen molar-refractivity contribution in [2.75, 3.05) is 13.1 Å². The molecule has 1 heterocycles. The zero-order chi connectivity index (χ0) is 15.0. The first-order chi connectivity index (χ1) is 9.26. The number of benzene rings is 1. The van der Waals surface area contributed by atoms with E-state index in [1.165, 1.54) is 16.4 Å². The Hall–Kier alpha value is -0.980. The van der Waals surface area contributed by atoms with Gasteiger partial charge in [-0.05, 0) is 36.5 Å². The van der Waals surface area contributed by atoms with Crippen LogP contribution in [0.2, 0.25) is 0 Å². The molecule has 1 N–H and O–H groups in total. The van der Waals surface area contributed by atoms with E-state index in [0.29, 0.717) is 13.1 Å². The minimum Gasteiger partial charge on any atom is -0.392 e. The third-order valence-electron chi connectivity index (χ3n) is 3.90. The Labute approximate surface area is 119 Å². The smallest absolute Gasteiger partial charge is 0.243 e. The molecule has 0 bridgehead atoms. The number of nitrogens with zero attached hydrogens (tertiary/aromatic N) is 1. The maximum absolute atomic E-state index is 13.3. The first-order valence-electron chi connectivity index (χ1n) is 6.66. The topological polar surface area (TPSA) is 57.6 Å². The number of piperidine rings is 1. The van der Waals surface area contributed by atoms with Crippen LogP contribution in [0.5, 0.6) is 0 Å². The quantitative estimate of drug-likeness (QED) is 0.930. The lowest BCUT2D eigenvalue weighted by atomic mass is 9.83. The Morgan fingerprint density at radius 1 is 1.30 bits per heavy atom. The van der Waals surface area contributed by atoms with Crippen LogP contribution >= 0.6 is 0 Å². The standard InChI is InChI=1S/C14H20FNO3S/c1-14(2)5-7-16(8-6-14)20(18,19)12-3-4-13(15)11(9-12)10-17/h3-4,9,17H,5-8,10H2,1-2H3. The maximum atomic E-state index is 13.3. The second-order valence-electron chi connectivity index (χ2n) is 5.98. The molecule has 0 aliphatic carbocycles. The van der Waals surface area contributed by atoms with Crippen molar-refractivity contribution in [2.45, 2.75) is 38.2 Å². The van der Waals surface area contributed by atoms with Crippen molar-refractivity contribution >= 4 is 10.0 Å². The third kappa shape index (κ3) is 3.02. The highest BCUT2D eigenvalue weighted by molar-refractivity contribution is 7.89. The molecule has 0 unspecified atom stereocenters. The number of sulfonamides is 1. The molecular weight excluding hydrogens is 281 g/mol. The Balaban J connectivity index is 2.27. The summed E-state index contributed by atoms with van der Waals surface area (Å²) in [5, 5.41) is 9.04. The van der Waals surface area contributed by atoms with Gasteiger partial charge >= 0.3 is 0 Å². The Morgan fingerprint density at radius 2 is 1.90 bits per heavy atom. The summed E-state index contributed by atoms with van der Waals surface area (Å²) in [5.41, 5.74) is 0.161. The molecule has 1 aliphatic heterocycles. The van der Waals surface area contributed by atoms with E-state index < -0.39 is 22.4 Å². The molecule has 1 aliphatic rings. The summed E-state index contributed by atoms with van der Waals surface area (Å²) >= 11 is 0. The summed E-state index contributed by atoms with van der Waals surface area (Å²) in [4.78, 5) is 0.0441. The summed E-state index contributed by atoms with van der Waals surface area (Å²) in [6, 6.07) is 3.56. The van der Waals surface area contributed by atoms with Gasteiger partial charge in [-0.2, -0.15) is 4.31 Å². The summed E-state index contributed by atoms with van der Waals surface area (Å²) < 4.78 is 39.8. The van der Waals surface area contributed by atoms with Crippen molar-refractivity contribution in [1.29, 1.82) is 0 Å². The second kappa shape index (κ2) is 5.42. The highest BCUT2D eigenvalue weighted by atomic mass is 32.2. The van der Waals surface area contributed by atoms with Crippen LogP contribution in [0, 0.1) is 11.2 Å². The van der Waals surface area contributed by atoms with Gasteiger partial charge in [0.2, 0.25) is 10.0 Å². The maximum Gasteiger partial charge on any atom is 0.243 e. The molecule has 0 amide bonds. The van der Waals surface area contributed by atoms with E-state index >= 15 is 0 Å². The molecule has 1 aromatic rings. The van der Waals surface area contributed by atoms with Crippen LogP contribution in [0.3, 0.4) is 0 Å². The second-order valence-corrected chi connectivity index (χ2v) is 7.92. The zero-order valence-corrected chi connectivity index (χ0v) is 12.6. The lowest BCUT2D eigenvalue weighted by Crippen LogP contribution is -2.41. The fourth-order valence-electron chi connectivity index (χ4n) is 2.31. The van der Waals surface area contributed by atoms with E-state index in [1.54, 1.807) is 0 Å². The van der Waals surface area contributed by atoms with Crippen LogP contribution in [0.25, 0.3) is 0 Å². The van der Waals surface area contributed by atoms with Gasteiger partial charge in [-0.25, -0.2) is 12.8 Å². The summed E-state index contributed by atoms with van der Waals surface area (Å²) in [7, 11) is -3.61. The van der Waals surface area contributed by atoms with E-state index in [9.17, 15) is 12.8 Å². The molecule has 112 valence electrons. The normalized spacial score (nSPS) is 20.0. The molecule has 4 nitrogen and oxygen atoms in total. The minimum absolute atomic E-state index is 0.00316. The lowest BCUT2D eigenvalue weighted by molar-refractivity contribution is 0.196. The first-order valence-corrected chi connectivity index (χ1v) is 8.10. The van der Waals surface area contributed by atoms with E-state index in [4.69, 9.17) is 5.11 Å². The van der Waals surface area contributed by atoms with Crippen LogP contribution in [0.1, 0.15) is 32.3 Å². The average molecular weight is 301 g/mol. The van der Waals surface area contributed by atoms with Crippen LogP contribution in [-0.4, -0.2) is 30.9 Å². The molecule has 0 saturated carbocycles. The van der Waals surface area contributed by atoms with Gasteiger partial charge in [-0.15, -0.1) is 0 Å². The van der Waals surface area contributed by atoms with Crippen molar-refractivity contribution in [3.8, 4) is 0 Å². The lowest BCUT2D eigenvalue weighted by Gasteiger charge is -2.36. The number of halogens is 1. The van der Waals surface area contributed by atoms with Gasteiger partial charge in [0.1, 0.15) is 5.82 Å². The highest BCUT2D eigenvalue weighted by Crippen LogP contribution is 2.32. The van der Waals surface area contributed by atoms with Gasteiger partial charge in [0.15, 0.2) is 0 Å². The number of aliphatic hydroxyl groups excluding tert-OH is 1. The summed E-state index contributed by atoms with van der Waals surface area (Å²) in [6.07, 6.45) is 1.61. The van der Waals surface area contributed by atoms with Crippen LogP contribution in [-0.2, 0) is 16.6 Å². The fraction of sp³-hybridized carbons (Fsp3) is 0.571. The third-order valence-corrected chi connectivity index (χ3v) is 5.80. The van der Waals surface area contributed by atoms with Crippen LogP contribution < -0.4 is 0 Å². The van der Waals surface area contributed by atoms with Gasteiger partial charge in [-0.1, -0.05) is 13.8 Å². The SMILES string of the molecule is CC1(C)CCN(S(=O)(=O)c2ccc(F)c(CO)c2)CC1. The van der Waals surface area contributed by atoms with Crippen molar-refractivity contribution in [2.24, 2.45) is 5.41 Å². The molecule has 20 heavy (non-hydrogen) atoms. The van der Waals surface area contributed by atoms with Crippen LogP contribution in [0.4, 0.5) is 4.39 Å². The number of hydrogen-bond donors (Lipinski definition) is 1. The highest BCUT2D eigenvalue weighted by Gasteiger charge is 2.32. The molecule has 0 aromatic heterocycles. The number of aliphatic hydroxyl groups is 1. The van der Waals surface area contributed by atoms with Gasteiger partial charge < -0.3 is 5.11 Å². The fourth-order valence-corrected chi connectivity index (χ4v) is 3.81. The molecule has 1 saturated heterocycles. The summed E-state index contributed by atoms with van der Waals surface area (Å²) in [5.74, 6) is -0.591. The first kappa shape index (κ1) is 15.4. The van der Waals surface area contributed by atoms with Gasteiger partial charge in [0.05, 0.1) is 11.5 Å². The molecule has 0 spiro atoms. The molecule has 1 aromatic carbocycles. The van der Waals surface area contributed by atoms with E-state index in [2.05, 4.69) is 13.8 Å². The van der Waals surface area contributed by atoms with E-state index in [0.717, 1.165) is 18.9 Å². The predicted octanol–water partition coefficient (Wildman–Crippen LogP) is 2.13. The predicted molar refractivity (Wildman–Crippen MR) is 74.1 cm³/mol. The Bertz CT molecular complexity index is 588. The molecule has 0 atom stereocenters. The molecule has 0 radical (unpaired) electrons. The number of rotatable bonds is 3. The van der Waals surface area contributed by atoms with Crippen molar-refractivity contribution < 1.29 is 17.9 Å². The van der Waals surface area contributed by atoms with E-state index in [-0.39, 0.29) is 15.9 Å². The molecular formula is C14H20FNO3S. The van der Waals surface area contributed by atoms with Gasteiger partial charge in [0.25, 0.3) is 0 Å². The Kier molecular flexibility index (Phi) is 4.18. The Morgan fingerprint density at radius 3 is 2.45 bits per heavy atom. The van der Waals surface area contributed by atoms with E-state index in [1.807, 2.05) is 0 Å². The largest absolute Gasteiger partial charge is 0.392 e. The minimum atomic E-state index is -3.61. The number of hydrogen-bond acceptors (Lipinski definition) is 3. The molecule has 2 rings (SSSR count). The van der Waals surface area contributed by atoms with Gasteiger partial charge in [0, 0.05) is 18.7 Å². The average Bonchev–Trinajstić information content (AvgIpc) is 2.38. The summed E-state index contributed by atoms with van der Waals surface area (Å²) in [6.45, 7) is 4.68. The monoisotopic (exact) mass is 301 g/mol. The molecule has 6 heteroatoms. The van der Waals surface area contributed by atoms with Crippen molar-refractivity contribution in [3.05, 3.63) is 29.6 Å². The van der Waals surface area contributed by atoms with Crippen molar-refractivity contribution in [3.63, 3.8) is 0 Å². The van der Waals surface area contributed by atoms with Gasteiger partial charge in [-0.3, -0.25) is 0 Å². The zero-order valence-electron chi connectivity index (χ0n) is 11.8.